The van der Waals surface area contributed by atoms with Crippen LogP contribution in [-0.2, 0) is 19.4 Å². The number of amidine groups is 1. The third-order valence-corrected chi connectivity index (χ3v) is 3.79. The van der Waals surface area contributed by atoms with Crippen molar-refractivity contribution in [2.45, 2.75) is 32.2 Å². The molecule has 104 valence electrons. The SMILES string of the molecule is N/C(=N/O)c1cccc(Cn2cnc3c2CCCC3)c1. The van der Waals surface area contributed by atoms with Crippen LogP contribution in [0.2, 0.25) is 0 Å². The first-order valence-electron chi connectivity index (χ1n) is 6.87. The van der Waals surface area contributed by atoms with E-state index in [1.807, 2.05) is 30.6 Å². The molecule has 3 rings (SSSR count). The lowest BCUT2D eigenvalue weighted by Gasteiger charge is -2.14. The van der Waals surface area contributed by atoms with Gasteiger partial charge < -0.3 is 15.5 Å². The molecule has 0 aliphatic heterocycles. The molecule has 1 aliphatic rings. The Bertz CT molecular complexity index is 645. The van der Waals surface area contributed by atoms with Crippen LogP contribution < -0.4 is 5.73 Å². The van der Waals surface area contributed by atoms with Crippen molar-refractivity contribution in [1.29, 1.82) is 0 Å². The molecule has 0 fully saturated rings. The Morgan fingerprint density at radius 1 is 1.35 bits per heavy atom. The van der Waals surface area contributed by atoms with Crippen molar-refractivity contribution in [3.8, 4) is 0 Å². The molecule has 1 aromatic carbocycles. The summed E-state index contributed by atoms with van der Waals surface area (Å²) in [6, 6.07) is 7.75. The largest absolute Gasteiger partial charge is 0.409 e. The smallest absolute Gasteiger partial charge is 0.170 e. The third kappa shape index (κ3) is 2.39. The highest BCUT2D eigenvalue weighted by atomic mass is 16.4. The average molecular weight is 270 g/mol. The Kier molecular flexibility index (Phi) is 3.41. The predicted octanol–water partition coefficient (Wildman–Crippen LogP) is 1.90. The number of aryl methyl sites for hydroxylation is 1. The first kappa shape index (κ1) is 12.7. The zero-order valence-corrected chi connectivity index (χ0v) is 11.3. The van der Waals surface area contributed by atoms with Gasteiger partial charge >= 0.3 is 0 Å². The Balaban J connectivity index is 1.86. The molecule has 1 aromatic heterocycles. The minimum Gasteiger partial charge on any atom is -0.409 e. The fourth-order valence-corrected chi connectivity index (χ4v) is 2.75. The molecule has 0 bridgehead atoms. The molecular weight excluding hydrogens is 252 g/mol. The number of oxime groups is 1. The minimum absolute atomic E-state index is 0.138. The first-order valence-corrected chi connectivity index (χ1v) is 6.87. The monoisotopic (exact) mass is 270 g/mol. The zero-order chi connectivity index (χ0) is 13.9. The van der Waals surface area contributed by atoms with Gasteiger partial charge in [-0.25, -0.2) is 4.98 Å². The molecule has 0 saturated heterocycles. The van der Waals surface area contributed by atoms with E-state index < -0.39 is 0 Å². The Morgan fingerprint density at radius 2 is 2.20 bits per heavy atom. The summed E-state index contributed by atoms with van der Waals surface area (Å²) in [5.41, 5.74) is 10.1. The molecule has 0 atom stereocenters. The summed E-state index contributed by atoms with van der Waals surface area (Å²) in [5, 5.41) is 11.8. The number of hydrogen-bond acceptors (Lipinski definition) is 3. The van der Waals surface area contributed by atoms with E-state index >= 15 is 0 Å². The van der Waals surface area contributed by atoms with Gasteiger partial charge in [-0.2, -0.15) is 0 Å². The van der Waals surface area contributed by atoms with Crippen LogP contribution >= 0.6 is 0 Å². The van der Waals surface area contributed by atoms with Gasteiger partial charge in [0.1, 0.15) is 0 Å². The molecule has 20 heavy (non-hydrogen) atoms. The van der Waals surface area contributed by atoms with E-state index in [0.29, 0.717) is 0 Å². The van der Waals surface area contributed by atoms with Crippen LogP contribution in [0.1, 0.15) is 35.4 Å². The van der Waals surface area contributed by atoms with E-state index in [1.165, 1.54) is 24.2 Å². The Hall–Kier alpha value is -2.30. The quantitative estimate of drug-likeness (QED) is 0.387. The second-order valence-corrected chi connectivity index (χ2v) is 5.16. The van der Waals surface area contributed by atoms with Crippen molar-refractivity contribution in [1.82, 2.24) is 9.55 Å². The summed E-state index contributed by atoms with van der Waals surface area (Å²) in [4.78, 5) is 4.50. The van der Waals surface area contributed by atoms with E-state index in [9.17, 15) is 0 Å². The second-order valence-electron chi connectivity index (χ2n) is 5.16. The number of imidazole rings is 1. The van der Waals surface area contributed by atoms with Crippen LogP contribution in [0.15, 0.2) is 35.7 Å². The normalized spacial score (nSPS) is 15.1. The van der Waals surface area contributed by atoms with Gasteiger partial charge in [-0.3, -0.25) is 0 Å². The average Bonchev–Trinajstić information content (AvgIpc) is 2.90. The number of benzene rings is 1. The molecule has 0 saturated carbocycles. The summed E-state index contributed by atoms with van der Waals surface area (Å²) in [6.07, 6.45) is 6.60. The van der Waals surface area contributed by atoms with E-state index in [-0.39, 0.29) is 5.84 Å². The Labute approximate surface area is 117 Å². The molecular formula is C15H18N4O. The van der Waals surface area contributed by atoms with E-state index in [0.717, 1.165) is 30.5 Å². The third-order valence-electron chi connectivity index (χ3n) is 3.79. The van der Waals surface area contributed by atoms with Gasteiger partial charge in [-0.05, 0) is 37.3 Å². The Morgan fingerprint density at radius 3 is 3.05 bits per heavy atom. The standard InChI is InChI=1S/C15H18N4O/c16-15(18-20)12-5-3-4-11(8-12)9-19-10-17-13-6-1-2-7-14(13)19/h3-5,8,10,20H,1-2,6-7,9H2,(H2,16,18). The number of nitrogens with two attached hydrogens (primary N) is 1. The lowest BCUT2D eigenvalue weighted by molar-refractivity contribution is 0.318. The van der Waals surface area contributed by atoms with Crippen LogP contribution in [-0.4, -0.2) is 20.6 Å². The molecule has 0 unspecified atom stereocenters. The molecule has 5 heteroatoms. The molecule has 3 N–H and O–H groups in total. The van der Waals surface area contributed by atoms with Gasteiger partial charge in [0, 0.05) is 17.8 Å². The second kappa shape index (κ2) is 5.36. The fraction of sp³-hybridized carbons (Fsp3) is 0.333. The highest BCUT2D eigenvalue weighted by Gasteiger charge is 2.15. The van der Waals surface area contributed by atoms with Crippen LogP contribution in [0.5, 0.6) is 0 Å². The summed E-state index contributed by atoms with van der Waals surface area (Å²) in [5.74, 6) is 0.138. The molecule has 1 aliphatic carbocycles. The van der Waals surface area contributed by atoms with Crippen molar-refractivity contribution in [3.63, 3.8) is 0 Å². The van der Waals surface area contributed by atoms with E-state index in [4.69, 9.17) is 10.9 Å². The van der Waals surface area contributed by atoms with Crippen LogP contribution in [0.3, 0.4) is 0 Å². The topological polar surface area (TPSA) is 76.4 Å². The lowest BCUT2D eigenvalue weighted by Crippen LogP contribution is -2.14. The van der Waals surface area contributed by atoms with Crippen LogP contribution in [0.25, 0.3) is 0 Å². The number of fused-ring (bicyclic) bond motifs is 1. The number of rotatable bonds is 3. The molecule has 1 heterocycles. The van der Waals surface area contributed by atoms with Crippen molar-refractivity contribution in [2.24, 2.45) is 10.9 Å². The summed E-state index contributed by atoms with van der Waals surface area (Å²) < 4.78 is 2.21. The fourth-order valence-electron chi connectivity index (χ4n) is 2.75. The van der Waals surface area contributed by atoms with Crippen LogP contribution in [0.4, 0.5) is 0 Å². The van der Waals surface area contributed by atoms with Crippen molar-refractivity contribution < 1.29 is 5.21 Å². The van der Waals surface area contributed by atoms with E-state index in [1.54, 1.807) is 0 Å². The maximum absolute atomic E-state index is 8.74. The highest BCUT2D eigenvalue weighted by Crippen LogP contribution is 2.20. The van der Waals surface area contributed by atoms with E-state index in [2.05, 4.69) is 14.7 Å². The summed E-state index contributed by atoms with van der Waals surface area (Å²) in [7, 11) is 0. The van der Waals surface area contributed by atoms with Crippen molar-refractivity contribution in [2.75, 3.05) is 0 Å². The molecule has 2 aromatic rings. The number of hydrogen-bond donors (Lipinski definition) is 2. The van der Waals surface area contributed by atoms with Crippen LogP contribution in [0, 0.1) is 0 Å². The molecule has 0 spiro atoms. The maximum atomic E-state index is 8.74. The molecule has 5 nitrogen and oxygen atoms in total. The first-order chi connectivity index (χ1) is 9.78. The van der Waals surface area contributed by atoms with Crippen molar-refractivity contribution >= 4 is 5.84 Å². The zero-order valence-electron chi connectivity index (χ0n) is 11.3. The lowest BCUT2D eigenvalue weighted by atomic mass is 10.0. The summed E-state index contributed by atoms with van der Waals surface area (Å²) >= 11 is 0. The minimum atomic E-state index is 0.138. The van der Waals surface area contributed by atoms with Gasteiger partial charge in [0.15, 0.2) is 5.84 Å². The van der Waals surface area contributed by atoms with Gasteiger partial charge in [0.25, 0.3) is 0 Å². The number of nitrogens with zero attached hydrogens (tertiary/aromatic N) is 3. The van der Waals surface area contributed by atoms with Gasteiger partial charge in [0.2, 0.25) is 0 Å². The van der Waals surface area contributed by atoms with Gasteiger partial charge in [-0.1, -0.05) is 23.4 Å². The summed E-state index contributed by atoms with van der Waals surface area (Å²) in [6.45, 7) is 0.773. The predicted molar refractivity (Wildman–Crippen MR) is 76.9 cm³/mol. The molecule has 0 radical (unpaired) electrons. The number of aromatic nitrogens is 2. The van der Waals surface area contributed by atoms with Gasteiger partial charge in [0.05, 0.1) is 12.0 Å². The van der Waals surface area contributed by atoms with Gasteiger partial charge in [-0.15, -0.1) is 0 Å². The highest BCUT2D eigenvalue weighted by molar-refractivity contribution is 5.97. The maximum Gasteiger partial charge on any atom is 0.170 e. The molecule has 0 amide bonds. The van der Waals surface area contributed by atoms with Crippen molar-refractivity contribution in [3.05, 3.63) is 53.1 Å².